The molecular formula is C14H21N3O2. The van der Waals surface area contributed by atoms with E-state index >= 15 is 0 Å². The van der Waals surface area contributed by atoms with Crippen molar-refractivity contribution in [1.29, 1.82) is 0 Å². The van der Waals surface area contributed by atoms with E-state index in [2.05, 4.69) is 4.98 Å². The lowest BCUT2D eigenvalue weighted by atomic mass is 10.2. The molecule has 0 atom stereocenters. The van der Waals surface area contributed by atoms with Crippen LogP contribution < -0.4 is 4.90 Å². The number of nitrogens with zero attached hydrogens (tertiary/aromatic N) is 3. The van der Waals surface area contributed by atoms with Crippen molar-refractivity contribution in [3.63, 3.8) is 0 Å². The summed E-state index contributed by atoms with van der Waals surface area (Å²) < 4.78 is 0. The second-order valence-corrected chi connectivity index (χ2v) is 4.45. The maximum absolute atomic E-state index is 12.0. The minimum absolute atomic E-state index is 0.0770. The molecule has 0 bridgehead atoms. The Morgan fingerprint density at radius 1 is 1.37 bits per heavy atom. The van der Waals surface area contributed by atoms with Gasteiger partial charge in [-0.15, -0.1) is 0 Å². The first kappa shape index (κ1) is 15.1. The van der Waals surface area contributed by atoms with Crippen LogP contribution in [0, 0.1) is 6.92 Å². The predicted molar refractivity (Wildman–Crippen MR) is 75.6 cm³/mol. The maximum Gasteiger partial charge on any atom is 0.242 e. The van der Waals surface area contributed by atoms with E-state index in [0.29, 0.717) is 18.7 Å². The van der Waals surface area contributed by atoms with Crippen molar-refractivity contribution < 1.29 is 9.59 Å². The van der Waals surface area contributed by atoms with Gasteiger partial charge in [0, 0.05) is 31.9 Å². The molecule has 5 heteroatoms. The Balaban J connectivity index is 2.80. The van der Waals surface area contributed by atoms with E-state index in [1.54, 1.807) is 11.0 Å². The van der Waals surface area contributed by atoms with Crippen molar-refractivity contribution in [2.24, 2.45) is 0 Å². The number of aromatic nitrogens is 1. The molecule has 19 heavy (non-hydrogen) atoms. The van der Waals surface area contributed by atoms with Crippen LogP contribution in [0.15, 0.2) is 12.3 Å². The number of aryl methyl sites for hydroxylation is 1. The molecular weight excluding hydrogens is 242 g/mol. The fourth-order valence-electron chi connectivity index (χ4n) is 2.01. The molecule has 1 rings (SSSR count). The van der Waals surface area contributed by atoms with Crippen LogP contribution in [0.2, 0.25) is 0 Å². The molecule has 0 N–H and O–H groups in total. The number of pyridine rings is 1. The predicted octanol–water partition coefficient (Wildman–Crippen LogP) is 1.51. The highest BCUT2D eigenvalue weighted by Gasteiger charge is 2.15. The van der Waals surface area contributed by atoms with Gasteiger partial charge in [-0.05, 0) is 32.4 Å². The van der Waals surface area contributed by atoms with Crippen LogP contribution in [0.1, 0.15) is 29.8 Å². The number of anilines is 1. The third kappa shape index (κ3) is 3.77. The number of aldehydes is 1. The second-order valence-electron chi connectivity index (χ2n) is 4.45. The molecule has 1 amide bonds. The number of carbonyl (C=O) groups excluding carboxylic acids is 2. The highest BCUT2D eigenvalue weighted by atomic mass is 16.2. The Labute approximate surface area is 114 Å². The van der Waals surface area contributed by atoms with Crippen LogP contribution in [0.3, 0.4) is 0 Å². The molecule has 1 heterocycles. The lowest BCUT2D eigenvalue weighted by Crippen LogP contribution is -2.39. The molecule has 0 spiro atoms. The summed E-state index contributed by atoms with van der Waals surface area (Å²) in [6.07, 6.45) is 2.29. The minimum atomic E-state index is 0.0770. The van der Waals surface area contributed by atoms with E-state index in [1.165, 1.54) is 6.20 Å². The lowest BCUT2D eigenvalue weighted by molar-refractivity contribution is -0.129. The fourth-order valence-corrected chi connectivity index (χ4v) is 2.01. The van der Waals surface area contributed by atoms with Gasteiger partial charge in [0.2, 0.25) is 5.91 Å². The smallest absolute Gasteiger partial charge is 0.242 e. The Morgan fingerprint density at radius 2 is 2.00 bits per heavy atom. The SMILES string of the molecule is CCN(CC)C(=O)CN(C)c1ncc(C=O)cc1C. The summed E-state index contributed by atoms with van der Waals surface area (Å²) in [6.45, 7) is 7.51. The van der Waals surface area contributed by atoms with Gasteiger partial charge in [0.1, 0.15) is 5.82 Å². The number of carbonyl (C=O) groups is 2. The van der Waals surface area contributed by atoms with Gasteiger partial charge in [0.15, 0.2) is 6.29 Å². The van der Waals surface area contributed by atoms with Crippen LogP contribution >= 0.6 is 0 Å². The van der Waals surface area contributed by atoms with Gasteiger partial charge in [-0.3, -0.25) is 9.59 Å². The average Bonchev–Trinajstić information content (AvgIpc) is 2.39. The van der Waals surface area contributed by atoms with E-state index < -0.39 is 0 Å². The first-order chi connectivity index (χ1) is 9.03. The largest absolute Gasteiger partial charge is 0.350 e. The average molecular weight is 263 g/mol. The van der Waals surface area contributed by atoms with Gasteiger partial charge in [-0.1, -0.05) is 0 Å². The summed E-state index contributed by atoms with van der Waals surface area (Å²) in [5, 5.41) is 0. The van der Waals surface area contributed by atoms with Gasteiger partial charge < -0.3 is 9.80 Å². The summed E-state index contributed by atoms with van der Waals surface area (Å²) in [5.41, 5.74) is 1.43. The topological polar surface area (TPSA) is 53.5 Å². The van der Waals surface area contributed by atoms with E-state index in [1.807, 2.05) is 32.7 Å². The van der Waals surface area contributed by atoms with E-state index in [4.69, 9.17) is 0 Å². The van der Waals surface area contributed by atoms with Crippen molar-refractivity contribution in [3.05, 3.63) is 23.4 Å². The number of hydrogen-bond acceptors (Lipinski definition) is 4. The van der Waals surface area contributed by atoms with Crippen molar-refractivity contribution in [2.45, 2.75) is 20.8 Å². The summed E-state index contributed by atoms with van der Waals surface area (Å²) in [5.74, 6) is 0.805. The lowest BCUT2D eigenvalue weighted by Gasteiger charge is -2.24. The Morgan fingerprint density at radius 3 is 2.47 bits per heavy atom. The van der Waals surface area contributed by atoms with Crippen molar-refractivity contribution in [3.8, 4) is 0 Å². The summed E-state index contributed by atoms with van der Waals surface area (Å²) in [4.78, 5) is 30.5. The third-order valence-electron chi connectivity index (χ3n) is 3.06. The van der Waals surface area contributed by atoms with E-state index in [9.17, 15) is 9.59 Å². The van der Waals surface area contributed by atoms with Gasteiger partial charge in [-0.2, -0.15) is 0 Å². The first-order valence-electron chi connectivity index (χ1n) is 6.44. The summed E-state index contributed by atoms with van der Waals surface area (Å²) in [7, 11) is 1.83. The van der Waals surface area contributed by atoms with Crippen LogP contribution in [0.5, 0.6) is 0 Å². The molecule has 5 nitrogen and oxygen atoms in total. The minimum Gasteiger partial charge on any atom is -0.350 e. The number of amides is 1. The van der Waals surface area contributed by atoms with Crippen LogP contribution in [0.4, 0.5) is 5.82 Å². The molecule has 0 aliphatic heterocycles. The maximum atomic E-state index is 12.0. The Hall–Kier alpha value is -1.91. The summed E-state index contributed by atoms with van der Waals surface area (Å²) >= 11 is 0. The zero-order valence-electron chi connectivity index (χ0n) is 12.0. The van der Waals surface area contributed by atoms with Crippen LogP contribution in [-0.2, 0) is 4.79 Å². The molecule has 1 aromatic heterocycles. The highest BCUT2D eigenvalue weighted by molar-refractivity contribution is 5.81. The van der Waals surface area contributed by atoms with Gasteiger partial charge in [0.05, 0.1) is 6.54 Å². The Bertz CT molecular complexity index is 456. The quantitative estimate of drug-likeness (QED) is 0.730. The highest BCUT2D eigenvalue weighted by Crippen LogP contribution is 2.16. The van der Waals surface area contributed by atoms with Gasteiger partial charge >= 0.3 is 0 Å². The molecule has 104 valence electrons. The van der Waals surface area contributed by atoms with E-state index in [-0.39, 0.29) is 12.5 Å². The van der Waals surface area contributed by atoms with Crippen molar-refractivity contribution in [1.82, 2.24) is 9.88 Å². The van der Waals surface area contributed by atoms with Gasteiger partial charge in [0.25, 0.3) is 0 Å². The third-order valence-corrected chi connectivity index (χ3v) is 3.06. The molecule has 0 aromatic carbocycles. The number of hydrogen-bond donors (Lipinski definition) is 0. The van der Waals surface area contributed by atoms with Crippen LogP contribution in [-0.4, -0.2) is 48.8 Å². The van der Waals surface area contributed by atoms with Crippen molar-refractivity contribution in [2.75, 3.05) is 31.6 Å². The molecule has 0 aliphatic carbocycles. The summed E-state index contributed by atoms with van der Waals surface area (Å²) in [6, 6.07) is 1.77. The monoisotopic (exact) mass is 263 g/mol. The number of rotatable bonds is 6. The number of likely N-dealkylation sites (N-methyl/N-ethyl adjacent to an activating group) is 2. The zero-order valence-corrected chi connectivity index (χ0v) is 12.0. The fraction of sp³-hybridized carbons (Fsp3) is 0.500. The van der Waals surface area contributed by atoms with E-state index in [0.717, 1.165) is 17.7 Å². The molecule has 0 saturated heterocycles. The van der Waals surface area contributed by atoms with Gasteiger partial charge in [-0.25, -0.2) is 4.98 Å². The first-order valence-corrected chi connectivity index (χ1v) is 6.44. The second kappa shape index (κ2) is 6.87. The molecule has 0 fully saturated rings. The molecule has 0 saturated carbocycles. The van der Waals surface area contributed by atoms with Crippen molar-refractivity contribution >= 4 is 18.0 Å². The molecule has 0 aliphatic rings. The molecule has 0 unspecified atom stereocenters. The standard InChI is InChI=1S/C14H21N3O2/c1-5-17(6-2)13(19)9-16(4)14-11(3)7-12(10-18)8-15-14/h7-8,10H,5-6,9H2,1-4H3. The normalized spacial score (nSPS) is 10.1. The molecule has 0 radical (unpaired) electrons. The molecule has 1 aromatic rings. The Kier molecular flexibility index (Phi) is 5.48. The van der Waals surface area contributed by atoms with Crippen LogP contribution in [0.25, 0.3) is 0 Å². The zero-order chi connectivity index (χ0) is 14.4.